The maximum Gasteiger partial charge on any atom is 0.409 e. The lowest BCUT2D eigenvalue weighted by molar-refractivity contribution is 0.115. The van der Waals surface area contributed by atoms with Crippen LogP contribution in [0.15, 0.2) is 5.38 Å². The van der Waals surface area contributed by atoms with E-state index in [1.807, 2.05) is 6.92 Å². The third-order valence-corrected chi connectivity index (χ3v) is 4.41. The van der Waals surface area contributed by atoms with E-state index in [0.29, 0.717) is 12.6 Å². The molecule has 2 heterocycles. The van der Waals surface area contributed by atoms with E-state index in [9.17, 15) is 4.79 Å². The number of likely N-dealkylation sites (tertiary alicyclic amines) is 1. The molecular formula is C14H23N3O2S. The molecule has 1 aromatic rings. The van der Waals surface area contributed by atoms with Crippen molar-refractivity contribution in [2.45, 2.75) is 39.2 Å². The smallest absolute Gasteiger partial charge is 0.409 e. The normalized spacial score (nSPS) is 18.5. The van der Waals surface area contributed by atoms with E-state index in [4.69, 9.17) is 4.74 Å². The zero-order valence-corrected chi connectivity index (χ0v) is 13.0. The van der Waals surface area contributed by atoms with Crippen molar-refractivity contribution in [3.8, 4) is 0 Å². The monoisotopic (exact) mass is 297 g/mol. The Labute approximate surface area is 124 Å². The second kappa shape index (κ2) is 7.59. The Hall–Kier alpha value is -1.14. The lowest BCUT2D eigenvalue weighted by Gasteiger charge is -2.16. The van der Waals surface area contributed by atoms with Crippen LogP contribution in [0.4, 0.5) is 4.79 Å². The van der Waals surface area contributed by atoms with Crippen LogP contribution < -0.4 is 5.32 Å². The number of ether oxygens (including phenoxy) is 1. The van der Waals surface area contributed by atoms with Crippen molar-refractivity contribution >= 4 is 17.4 Å². The summed E-state index contributed by atoms with van der Waals surface area (Å²) in [4.78, 5) is 17.9. The molecule has 0 aliphatic carbocycles. The first-order chi connectivity index (χ1) is 9.72. The molecule has 0 aromatic carbocycles. The highest BCUT2D eigenvalue weighted by atomic mass is 32.1. The summed E-state index contributed by atoms with van der Waals surface area (Å²) in [7, 11) is 0. The quantitative estimate of drug-likeness (QED) is 0.873. The van der Waals surface area contributed by atoms with Gasteiger partial charge in [-0.2, -0.15) is 0 Å². The third kappa shape index (κ3) is 4.18. The van der Waals surface area contributed by atoms with Crippen LogP contribution in [-0.2, 0) is 17.6 Å². The minimum atomic E-state index is -0.190. The number of aromatic nitrogens is 1. The molecule has 1 fully saturated rings. The van der Waals surface area contributed by atoms with Gasteiger partial charge in [-0.1, -0.05) is 6.92 Å². The predicted octanol–water partition coefficient (Wildman–Crippen LogP) is 2.07. The fraction of sp³-hybridized carbons (Fsp3) is 0.714. The number of carbonyl (C=O) groups is 1. The Bertz CT molecular complexity index is 436. The average molecular weight is 297 g/mol. The lowest BCUT2D eigenvalue weighted by Crippen LogP contribution is -2.36. The van der Waals surface area contributed by atoms with Crippen molar-refractivity contribution in [2.75, 3.05) is 26.2 Å². The van der Waals surface area contributed by atoms with Gasteiger partial charge in [0, 0.05) is 37.5 Å². The van der Waals surface area contributed by atoms with Gasteiger partial charge in [0.15, 0.2) is 0 Å². The maximum absolute atomic E-state index is 11.6. The van der Waals surface area contributed by atoms with Crippen molar-refractivity contribution < 1.29 is 9.53 Å². The largest absolute Gasteiger partial charge is 0.450 e. The van der Waals surface area contributed by atoms with Crippen LogP contribution >= 0.6 is 11.3 Å². The molecule has 20 heavy (non-hydrogen) atoms. The third-order valence-electron chi connectivity index (χ3n) is 3.45. The van der Waals surface area contributed by atoms with E-state index < -0.39 is 0 Å². The SMILES string of the molecule is CCOC(=O)N1CC[C@@H](NCCc2nc(CC)cs2)C1. The highest BCUT2D eigenvalue weighted by Gasteiger charge is 2.26. The number of thiazole rings is 1. The average Bonchev–Trinajstić information content (AvgIpc) is 3.08. The standard InChI is InChI=1S/C14H23N3O2S/c1-3-11-10-20-13(16-11)5-7-15-12-6-8-17(9-12)14(18)19-4-2/h10,12,15H,3-9H2,1-2H3/t12-/m1/s1. The highest BCUT2D eigenvalue weighted by molar-refractivity contribution is 7.09. The second-order valence-electron chi connectivity index (χ2n) is 4.92. The summed E-state index contributed by atoms with van der Waals surface area (Å²) < 4.78 is 5.01. The van der Waals surface area contributed by atoms with Crippen molar-refractivity contribution in [1.82, 2.24) is 15.2 Å². The summed E-state index contributed by atoms with van der Waals surface area (Å²) >= 11 is 1.73. The first-order valence-corrected chi connectivity index (χ1v) is 8.19. The molecule has 0 radical (unpaired) electrons. The number of rotatable bonds is 6. The van der Waals surface area contributed by atoms with Gasteiger partial charge in [0.25, 0.3) is 0 Å². The molecule has 0 saturated carbocycles. The fourth-order valence-corrected chi connectivity index (χ4v) is 3.20. The topological polar surface area (TPSA) is 54.5 Å². The number of aryl methyl sites for hydroxylation is 1. The van der Waals surface area contributed by atoms with Crippen LogP contribution in [0.1, 0.15) is 31.0 Å². The molecule has 1 saturated heterocycles. The second-order valence-corrected chi connectivity index (χ2v) is 5.86. The van der Waals surface area contributed by atoms with Crippen molar-refractivity contribution in [3.05, 3.63) is 16.1 Å². The summed E-state index contributed by atoms with van der Waals surface area (Å²) in [5, 5.41) is 6.82. The minimum Gasteiger partial charge on any atom is -0.450 e. The molecule has 112 valence electrons. The molecule has 0 spiro atoms. The first kappa shape index (κ1) is 15.3. The first-order valence-electron chi connectivity index (χ1n) is 7.31. The maximum atomic E-state index is 11.6. The molecule has 0 unspecified atom stereocenters. The predicted molar refractivity (Wildman–Crippen MR) is 80.2 cm³/mol. The van der Waals surface area contributed by atoms with Gasteiger partial charge < -0.3 is 15.0 Å². The van der Waals surface area contributed by atoms with E-state index in [0.717, 1.165) is 38.9 Å². The van der Waals surface area contributed by atoms with Gasteiger partial charge in [-0.3, -0.25) is 0 Å². The number of hydrogen-bond acceptors (Lipinski definition) is 5. The Balaban J connectivity index is 1.66. The number of nitrogens with zero attached hydrogens (tertiary/aromatic N) is 2. The number of nitrogens with one attached hydrogen (secondary N) is 1. The summed E-state index contributed by atoms with van der Waals surface area (Å²) in [6.45, 7) is 6.85. The van der Waals surface area contributed by atoms with E-state index in [1.165, 1.54) is 10.7 Å². The molecule has 0 bridgehead atoms. The van der Waals surface area contributed by atoms with Crippen molar-refractivity contribution in [1.29, 1.82) is 0 Å². The molecule has 1 atom stereocenters. The molecule has 1 aliphatic heterocycles. The summed E-state index contributed by atoms with van der Waals surface area (Å²) in [6.07, 6.45) is 2.77. The van der Waals surface area contributed by atoms with Gasteiger partial charge >= 0.3 is 6.09 Å². The van der Waals surface area contributed by atoms with Crippen molar-refractivity contribution in [2.24, 2.45) is 0 Å². The molecule has 5 nitrogen and oxygen atoms in total. The lowest BCUT2D eigenvalue weighted by atomic mass is 10.2. The zero-order chi connectivity index (χ0) is 14.4. The van der Waals surface area contributed by atoms with Gasteiger partial charge in [-0.15, -0.1) is 11.3 Å². The number of amides is 1. The van der Waals surface area contributed by atoms with Gasteiger partial charge in [0.05, 0.1) is 17.3 Å². The minimum absolute atomic E-state index is 0.190. The number of hydrogen-bond donors (Lipinski definition) is 1. The van der Waals surface area contributed by atoms with Crippen molar-refractivity contribution in [3.63, 3.8) is 0 Å². The summed E-state index contributed by atoms with van der Waals surface area (Å²) in [6, 6.07) is 0.380. The van der Waals surface area contributed by atoms with Crippen LogP contribution in [0.5, 0.6) is 0 Å². The Morgan fingerprint density at radius 3 is 3.15 bits per heavy atom. The van der Waals surface area contributed by atoms with Gasteiger partial charge in [0.1, 0.15) is 0 Å². The van der Waals surface area contributed by atoms with E-state index >= 15 is 0 Å². The molecule has 1 N–H and O–H groups in total. The highest BCUT2D eigenvalue weighted by Crippen LogP contribution is 2.12. The number of carbonyl (C=O) groups excluding carboxylic acids is 1. The molecule has 1 aliphatic rings. The summed E-state index contributed by atoms with van der Waals surface area (Å²) in [5.41, 5.74) is 1.18. The van der Waals surface area contributed by atoms with Gasteiger partial charge in [0.2, 0.25) is 0 Å². The van der Waals surface area contributed by atoms with Crippen LogP contribution in [0, 0.1) is 0 Å². The summed E-state index contributed by atoms with van der Waals surface area (Å²) in [5.74, 6) is 0. The molecule has 2 rings (SSSR count). The van der Waals surface area contributed by atoms with Crippen LogP contribution in [-0.4, -0.2) is 48.3 Å². The Kier molecular flexibility index (Phi) is 5.79. The molecule has 1 amide bonds. The van der Waals surface area contributed by atoms with E-state index in [-0.39, 0.29) is 6.09 Å². The van der Waals surface area contributed by atoms with Gasteiger partial charge in [-0.25, -0.2) is 9.78 Å². The van der Waals surface area contributed by atoms with Gasteiger partial charge in [-0.05, 0) is 19.8 Å². The van der Waals surface area contributed by atoms with Crippen LogP contribution in [0.25, 0.3) is 0 Å². The van der Waals surface area contributed by atoms with Crippen LogP contribution in [0.2, 0.25) is 0 Å². The Morgan fingerprint density at radius 1 is 1.60 bits per heavy atom. The van der Waals surface area contributed by atoms with E-state index in [1.54, 1.807) is 16.2 Å². The Morgan fingerprint density at radius 2 is 2.45 bits per heavy atom. The molecule has 6 heteroatoms. The zero-order valence-electron chi connectivity index (χ0n) is 12.2. The van der Waals surface area contributed by atoms with Crippen LogP contribution in [0.3, 0.4) is 0 Å². The van der Waals surface area contributed by atoms with E-state index in [2.05, 4.69) is 22.6 Å². The molecule has 1 aromatic heterocycles. The molecular weight excluding hydrogens is 274 g/mol. The fourth-order valence-electron chi connectivity index (χ4n) is 2.32.